The number of carbonyl (C=O) groups is 2. The van der Waals surface area contributed by atoms with Crippen LogP contribution in [0.3, 0.4) is 0 Å². The topological polar surface area (TPSA) is 170 Å². The fourth-order valence-electron chi connectivity index (χ4n) is 4.91. The number of nitrogens with zero attached hydrogens (tertiary/aromatic N) is 2. The van der Waals surface area contributed by atoms with Gasteiger partial charge in [0, 0.05) is 42.9 Å². The summed E-state index contributed by atoms with van der Waals surface area (Å²) >= 11 is 0. The lowest BCUT2D eigenvalue weighted by Gasteiger charge is -2.23. The van der Waals surface area contributed by atoms with Crippen molar-refractivity contribution in [2.45, 2.75) is 96.5 Å². The number of allylic oxidation sites excluding steroid dienone is 10. The Morgan fingerprint density at radius 1 is 0.982 bits per heavy atom. The maximum absolute atomic E-state index is 15.0. The standard InChI is InChI=1S/C38H58F2N5O8PS2/c1-4-6-7-8-9-10-11-12-13-14-15-16-17-18-19-20-21-22-33(46)41-24-27-55-56-28-25-42-54(50,43-29-34(47)51-5-2)52-30-32-35(48)38(39,40)36(53-32)45-26-23-31(3)44-37(45)49/h6-7,9-10,12-13,15-16,18-19,23,26,32,35-36,48H,4-5,8,11,14,17,20-22,24-25,27-30H2,1-3H3,(H,41,46)(H2,42,43,50)/b7-6-,10-9-,13-12-,16-15-,19-18-/t32-,35-,36-,54?/m1/s1. The van der Waals surface area contributed by atoms with E-state index in [4.69, 9.17) is 14.0 Å². The number of amides is 1. The van der Waals surface area contributed by atoms with Crippen LogP contribution in [-0.2, 0) is 28.2 Å². The molecule has 1 aliphatic heterocycles. The summed E-state index contributed by atoms with van der Waals surface area (Å²) in [5.41, 5.74) is -0.673. The minimum Gasteiger partial charge on any atom is -0.465 e. The minimum absolute atomic E-state index is 0.0154. The highest BCUT2D eigenvalue weighted by Gasteiger charge is 2.60. The molecule has 1 aliphatic rings. The van der Waals surface area contributed by atoms with Crippen LogP contribution in [0.2, 0.25) is 0 Å². The number of rotatable bonds is 29. The van der Waals surface area contributed by atoms with Gasteiger partial charge in [-0.2, -0.15) is 13.8 Å². The average Bonchev–Trinajstić information content (AvgIpc) is 3.39. The molecule has 314 valence electrons. The molecule has 1 saturated heterocycles. The number of aliphatic hydroxyl groups is 1. The highest BCUT2D eigenvalue weighted by atomic mass is 33.1. The van der Waals surface area contributed by atoms with Crippen LogP contribution in [0.15, 0.2) is 77.8 Å². The predicted molar refractivity (Wildman–Crippen MR) is 221 cm³/mol. The molecule has 0 bridgehead atoms. The van der Waals surface area contributed by atoms with Gasteiger partial charge < -0.3 is 24.4 Å². The smallest absolute Gasteiger partial charge is 0.350 e. The van der Waals surface area contributed by atoms with Gasteiger partial charge in [0.1, 0.15) is 12.6 Å². The van der Waals surface area contributed by atoms with Gasteiger partial charge in [0.2, 0.25) is 12.1 Å². The first-order chi connectivity index (χ1) is 26.9. The first-order valence-corrected chi connectivity index (χ1v) is 23.0. The Bertz CT molecular complexity index is 1580. The second-order valence-electron chi connectivity index (χ2n) is 12.4. The molecule has 18 heteroatoms. The number of ether oxygens (including phenoxy) is 2. The summed E-state index contributed by atoms with van der Waals surface area (Å²) in [7, 11) is -1.10. The summed E-state index contributed by atoms with van der Waals surface area (Å²) in [5, 5.41) is 18.4. The van der Waals surface area contributed by atoms with Crippen LogP contribution in [0.25, 0.3) is 0 Å². The molecule has 0 saturated carbocycles. The molecule has 13 nitrogen and oxygen atoms in total. The molecule has 1 amide bonds. The fraction of sp³-hybridized carbons (Fsp3) is 0.579. The Kier molecular flexibility index (Phi) is 25.1. The van der Waals surface area contributed by atoms with Crippen molar-refractivity contribution in [1.82, 2.24) is 25.0 Å². The van der Waals surface area contributed by atoms with Crippen LogP contribution >= 0.6 is 29.3 Å². The number of aryl methyl sites for hydroxylation is 1. The van der Waals surface area contributed by atoms with Crippen LogP contribution < -0.4 is 21.2 Å². The summed E-state index contributed by atoms with van der Waals surface area (Å²) in [4.78, 5) is 40.0. The van der Waals surface area contributed by atoms with E-state index in [0.29, 0.717) is 34.7 Å². The molecule has 56 heavy (non-hydrogen) atoms. The number of hydrogen-bond donors (Lipinski definition) is 4. The van der Waals surface area contributed by atoms with E-state index in [-0.39, 0.29) is 19.1 Å². The Labute approximate surface area is 337 Å². The molecule has 2 heterocycles. The Morgan fingerprint density at radius 2 is 1.59 bits per heavy atom. The minimum atomic E-state index is -4.04. The van der Waals surface area contributed by atoms with Gasteiger partial charge in [0.05, 0.1) is 13.2 Å². The molecule has 1 fully saturated rings. The van der Waals surface area contributed by atoms with Crippen molar-refractivity contribution in [3.05, 3.63) is 89.2 Å². The normalized spacial score (nSPS) is 19.6. The molecule has 4 N–H and O–H groups in total. The molecule has 1 aromatic rings. The summed E-state index contributed by atoms with van der Waals surface area (Å²) in [6.07, 6.45) is 23.2. The van der Waals surface area contributed by atoms with Gasteiger partial charge in [-0.05, 0) is 64.9 Å². The first-order valence-electron chi connectivity index (χ1n) is 18.9. The monoisotopic (exact) mass is 845 g/mol. The van der Waals surface area contributed by atoms with Crippen LogP contribution in [0.4, 0.5) is 8.78 Å². The van der Waals surface area contributed by atoms with Gasteiger partial charge in [-0.1, -0.05) is 89.3 Å². The van der Waals surface area contributed by atoms with E-state index in [9.17, 15) is 32.8 Å². The van der Waals surface area contributed by atoms with Gasteiger partial charge in [0.25, 0.3) is 0 Å². The molecule has 2 rings (SSSR count). The fourth-order valence-corrected chi connectivity index (χ4v) is 8.27. The zero-order chi connectivity index (χ0) is 41.1. The van der Waals surface area contributed by atoms with E-state index < -0.39 is 56.8 Å². The zero-order valence-corrected chi connectivity index (χ0v) is 35.0. The van der Waals surface area contributed by atoms with E-state index in [1.165, 1.54) is 34.6 Å². The van der Waals surface area contributed by atoms with Gasteiger partial charge in [-0.25, -0.2) is 15.0 Å². The number of nitrogens with one attached hydrogen (secondary N) is 3. The summed E-state index contributed by atoms with van der Waals surface area (Å²) in [6.45, 7) is 4.69. The van der Waals surface area contributed by atoms with Crippen molar-refractivity contribution in [2.24, 2.45) is 0 Å². The van der Waals surface area contributed by atoms with Gasteiger partial charge in [-0.3, -0.25) is 18.7 Å². The number of halogens is 2. The van der Waals surface area contributed by atoms with E-state index in [2.05, 4.69) is 88.2 Å². The quantitative estimate of drug-likeness (QED) is 0.0220. The molecule has 0 aliphatic carbocycles. The molecule has 1 aromatic heterocycles. The molecular formula is C38H58F2N5O8PS2. The first kappa shape index (κ1) is 49.3. The van der Waals surface area contributed by atoms with Crippen LogP contribution in [0.5, 0.6) is 0 Å². The van der Waals surface area contributed by atoms with Crippen molar-refractivity contribution in [1.29, 1.82) is 0 Å². The van der Waals surface area contributed by atoms with E-state index in [1.54, 1.807) is 6.92 Å². The SMILES string of the molecule is CC/C=C\C/C=C\C/C=C\C/C=C\C/C=C\CCCC(=O)NCCSSCCNP(=O)(NCC(=O)OCC)OC[C@H]1O[C@@H](n2ccc(C)nc2=O)C(F)(F)[C@@H]1O. The van der Waals surface area contributed by atoms with Gasteiger partial charge >= 0.3 is 25.3 Å². The Balaban J connectivity index is 1.63. The number of aliphatic hydroxyl groups excluding tert-OH is 1. The second-order valence-corrected chi connectivity index (χ2v) is 17.1. The van der Waals surface area contributed by atoms with Gasteiger partial charge in [-0.15, -0.1) is 0 Å². The van der Waals surface area contributed by atoms with Crippen molar-refractivity contribution >= 4 is 41.1 Å². The van der Waals surface area contributed by atoms with Crippen LogP contribution in [-0.4, -0.2) is 89.0 Å². The third-order valence-electron chi connectivity index (χ3n) is 7.79. The highest BCUT2D eigenvalue weighted by Crippen LogP contribution is 2.44. The molecule has 0 aromatic carbocycles. The number of hydrogen-bond acceptors (Lipinski definition) is 11. The molecule has 0 spiro atoms. The Morgan fingerprint density at radius 3 is 2.20 bits per heavy atom. The third-order valence-corrected chi connectivity index (χ3v) is 11.9. The van der Waals surface area contributed by atoms with Crippen molar-refractivity contribution < 1.29 is 42.0 Å². The second kappa shape index (κ2) is 28.5. The van der Waals surface area contributed by atoms with E-state index in [0.717, 1.165) is 51.1 Å². The van der Waals surface area contributed by atoms with E-state index >= 15 is 0 Å². The van der Waals surface area contributed by atoms with Crippen LogP contribution in [0, 0.1) is 6.92 Å². The molecule has 4 atom stereocenters. The maximum Gasteiger partial charge on any atom is 0.350 e. The van der Waals surface area contributed by atoms with Crippen molar-refractivity contribution in [3.8, 4) is 0 Å². The number of unbranched alkanes of at least 4 members (excludes halogenated alkanes) is 1. The predicted octanol–water partition coefficient (Wildman–Crippen LogP) is 6.73. The number of alkyl halides is 2. The lowest BCUT2D eigenvalue weighted by molar-refractivity contribution is -0.141. The van der Waals surface area contributed by atoms with Crippen LogP contribution in [0.1, 0.15) is 77.1 Å². The van der Waals surface area contributed by atoms with Gasteiger partial charge in [0.15, 0.2) is 6.10 Å². The molecular weight excluding hydrogens is 788 g/mol. The number of aromatic nitrogens is 2. The lowest BCUT2D eigenvalue weighted by Crippen LogP contribution is -2.42. The third kappa shape index (κ3) is 20.0. The summed E-state index contributed by atoms with van der Waals surface area (Å²) in [6, 6.07) is 1.34. The average molecular weight is 846 g/mol. The zero-order valence-electron chi connectivity index (χ0n) is 32.5. The Hall–Kier alpha value is -2.89. The summed E-state index contributed by atoms with van der Waals surface area (Å²) < 4.78 is 59.7. The molecule has 1 unspecified atom stereocenters. The van der Waals surface area contributed by atoms with Crippen molar-refractivity contribution in [2.75, 3.05) is 44.4 Å². The highest BCUT2D eigenvalue weighted by molar-refractivity contribution is 8.76. The maximum atomic E-state index is 15.0. The largest absolute Gasteiger partial charge is 0.465 e. The van der Waals surface area contributed by atoms with Crippen molar-refractivity contribution in [3.63, 3.8) is 0 Å². The molecule has 0 radical (unpaired) electrons. The lowest BCUT2D eigenvalue weighted by atomic mass is 10.1. The van der Waals surface area contributed by atoms with E-state index in [1.807, 2.05) is 0 Å². The number of carbonyl (C=O) groups excluding carboxylic acids is 2. The summed E-state index contributed by atoms with van der Waals surface area (Å²) in [5.74, 6) is -3.55. The number of esters is 1.